The first-order chi connectivity index (χ1) is 10.9. The van der Waals surface area contributed by atoms with E-state index in [0.717, 1.165) is 0 Å². The van der Waals surface area contributed by atoms with E-state index in [9.17, 15) is 13.6 Å². The van der Waals surface area contributed by atoms with Gasteiger partial charge in [-0.1, -0.05) is 35.0 Å². The van der Waals surface area contributed by atoms with Gasteiger partial charge in [0.15, 0.2) is 6.61 Å². The molecule has 0 spiro atoms. The quantitative estimate of drug-likeness (QED) is 0.691. The van der Waals surface area contributed by atoms with Crippen molar-refractivity contribution in [1.82, 2.24) is 0 Å². The molecule has 2 aromatic carbocycles. The number of anilines is 1. The van der Waals surface area contributed by atoms with Crippen molar-refractivity contribution in [2.45, 2.75) is 10.7 Å². The molecule has 1 amide bonds. The summed E-state index contributed by atoms with van der Waals surface area (Å²) in [5.41, 5.74) is 0.486. The second-order valence-corrected chi connectivity index (χ2v) is 6.22. The number of rotatable bonds is 6. The van der Waals surface area contributed by atoms with Crippen molar-refractivity contribution in [2.75, 3.05) is 11.9 Å². The average Bonchev–Trinajstić information content (AvgIpc) is 2.48. The first-order valence-electron chi connectivity index (χ1n) is 6.36. The van der Waals surface area contributed by atoms with E-state index < -0.39 is 11.7 Å². The highest BCUT2D eigenvalue weighted by molar-refractivity contribution is 7.99. The molecule has 0 saturated carbocycles. The Bertz CT molecular complexity index is 684. The number of hydrogen-bond donors (Lipinski definition) is 1. The van der Waals surface area contributed by atoms with Gasteiger partial charge in [-0.25, -0.2) is 0 Å². The summed E-state index contributed by atoms with van der Waals surface area (Å²) in [6, 6.07) is 10.8. The number of thioether (sulfide) groups is 1. The Kier molecular flexibility index (Phi) is 6.50. The van der Waals surface area contributed by atoms with Crippen LogP contribution >= 0.6 is 35.0 Å². The lowest BCUT2D eigenvalue weighted by Crippen LogP contribution is -2.20. The van der Waals surface area contributed by atoms with Crippen molar-refractivity contribution in [1.29, 1.82) is 0 Å². The third-order valence-electron chi connectivity index (χ3n) is 2.62. The average molecular weight is 378 g/mol. The topological polar surface area (TPSA) is 38.3 Å². The molecule has 122 valence electrons. The first kappa shape index (κ1) is 17.8. The number of ether oxygens (including phenoxy) is 1. The minimum Gasteiger partial charge on any atom is -0.482 e. The molecule has 2 aromatic rings. The monoisotopic (exact) mass is 377 g/mol. The summed E-state index contributed by atoms with van der Waals surface area (Å²) in [7, 11) is 0. The van der Waals surface area contributed by atoms with Crippen LogP contribution in [0.15, 0.2) is 47.4 Å². The lowest BCUT2D eigenvalue weighted by atomic mass is 10.3. The third kappa shape index (κ3) is 5.89. The molecule has 0 atom stereocenters. The number of carbonyl (C=O) groups excluding carboxylic acids is 1. The van der Waals surface area contributed by atoms with Gasteiger partial charge in [0.05, 0.1) is 5.02 Å². The van der Waals surface area contributed by atoms with Gasteiger partial charge < -0.3 is 10.1 Å². The summed E-state index contributed by atoms with van der Waals surface area (Å²) in [6.07, 6.45) is 0. The Morgan fingerprint density at radius 1 is 1.17 bits per heavy atom. The molecule has 3 nitrogen and oxygen atoms in total. The third-order valence-corrected chi connectivity index (χ3v) is 3.87. The van der Waals surface area contributed by atoms with E-state index >= 15 is 0 Å². The van der Waals surface area contributed by atoms with Gasteiger partial charge in [-0.05, 0) is 42.5 Å². The Balaban J connectivity index is 1.87. The molecule has 0 aromatic heterocycles. The molecule has 0 fully saturated rings. The van der Waals surface area contributed by atoms with E-state index in [1.54, 1.807) is 12.1 Å². The summed E-state index contributed by atoms with van der Waals surface area (Å²) in [5.74, 6) is -2.53. The van der Waals surface area contributed by atoms with Crippen LogP contribution in [-0.4, -0.2) is 18.3 Å². The Morgan fingerprint density at radius 2 is 1.87 bits per heavy atom. The van der Waals surface area contributed by atoms with E-state index in [2.05, 4.69) is 5.32 Å². The number of alkyl halides is 2. The van der Waals surface area contributed by atoms with Crippen LogP contribution < -0.4 is 10.1 Å². The second kappa shape index (κ2) is 8.38. The van der Waals surface area contributed by atoms with Crippen LogP contribution in [0.25, 0.3) is 0 Å². The fourth-order valence-corrected chi connectivity index (χ4v) is 2.61. The van der Waals surface area contributed by atoms with Crippen LogP contribution in [0, 0.1) is 0 Å². The van der Waals surface area contributed by atoms with Crippen LogP contribution in [0.2, 0.25) is 10.0 Å². The summed E-state index contributed by atoms with van der Waals surface area (Å²) in [4.78, 5) is 12.2. The molecule has 0 saturated heterocycles. The van der Waals surface area contributed by atoms with Crippen molar-refractivity contribution in [3.63, 3.8) is 0 Å². The van der Waals surface area contributed by atoms with Gasteiger partial charge in [0, 0.05) is 15.6 Å². The van der Waals surface area contributed by atoms with Gasteiger partial charge in [0.2, 0.25) is 0 Å². The zero-order valence-corrected chi connectivity index (χ0v) is 13.9. The zero-order valence-electron chi connectivity index (χ0n) is 11.6. The van der Waals surface area contributed by atoms with Crippen LogP contribution in [0.1, 0.15) is 0 Å². The number of halogens is 4. The lowest BCUT2D eigenvalue weighted by molar-refractivity contribution is -0.118. The van der Waals surface area contributed by atoms with Gasteiger partial charge in [-0.3, -0.25) is 4.79 Å². The molecule has 0 bridgehead atoms. The van der Waals surface area contributed by atoms with Crippen LogP contribution in [-0.2, 0) is 4.79 Å². The van der Waals surface area contributed by atoms with Gasteiger partial charge >= 0.3 is 0 Å². The molecular formula is C15H11Cl2F2NO2S. The van der Waals surface area contributed by atoms with Crippen molar-refractivity contribution in [3.8, 4) is 5.75 Å². The highest BCUT2D eigenvalue weighted by atomic mass is 35.5. The van der Waals surface area contributed by atoms with Crippen molar-refractivity contribution in [3.05, 3.63) is 52.5 Å². The van der Waals surface area contributed by atoms with E-state index in [-0.39, 0.29) is 6.61 Å². The predicted octanol–water partition coefficient (Wildman–Crippen LogP) is 5.33. The van der Waals surface area contributed by atoms with Crippen LogP contribution in [0.4, 0.5) is 14.5 Å². The standard InChI is InChI=1S/C15H11Cl2F2NO2S/c16-9-1-6-13(12(17)7-9)22-8-14(21)20-10-2-4-11(5-3-10)23-15(18)19/h1-7,15H,8H2,(H,20,21). The van der Waals surface area contributed by atoms with Gasteiger partial charge in [-0.15, -0.1) is 0 Å². The van der Waals surface area contributed by atoms with Crippen molar-refractivity contribution in [2.24, 2.45) is 0 Å². The lowest BCUT2D eigenvalue weighted by Gasteiger charge is -2.09. The zero-order chi connectivity index (χ0) is 16.8. The summed E-state index contributed by atoms with van der Waals surface area (Å²) < 4.78 is 29.7. The minimum atomic E-state index is -2.48. The largest absolute Gasteiger partial charge is 0.482 e. The van der Waals surface area contributed by atoms with Crippen LogP contribution in [0.5, 0.6) is 5.75 Å². The molecule has 0 unspecified atom stereocenters. The fourth-order valence-electron chi connectivity index (χ4n) is 1.65. The van der Waals surface area contributed by atoms with E-state index in [0.29, 0.717) is 38.1 Å². The smallest absolute Gasteiger partial charge is 0.288 e. The summed E-state index contributed by atoms with van der Waals surface area (Å²) >= 11 is 12.1. The van der Waals surface area contributed by atoms with Gasteiger partial charge in [0.1, 0.15) is 5.75 Å². The number of hydrogen-bond acceptors (Lipinski definition) is 3. The molecule has 0 aliphatic heterocycles. The predicted molar refractivity (Wildman–Crippen MR) is 88.9 cm³/mol. The molecule has 0 aliphatic rings. The maximum atomic E-state index is 12.2. The van der Waals surface area contributed by atoms with E-state index in [4.69, 9.17) is 27.9 Å². The molecule has 0 radical (unpaired) electrons. The first-order valence-corrected chi connectivity index (χ1v) is 8.00. The fraction of sp³-hybridized carbons (Fsp3) is 0.133. The molecule has 8 heteroatoms. The molecule has 0 aliphatic carbocycles. The highest BCUT2D eigenvalue weighted by Crippen LogP contribution is 2.28. The van der Waals surface area contributed by atoms with Gasteiger partial charge in [0.25, 0.3) is 11.7 Å². The summed E-state index contributed by atoms with van der Waals surface area (Å²) in [6.45, 7) is -0.241. The molecular weight excluding hydrogens is 367 g/mol. The number of carbonyl (C=O) groups is 1. The SMILES string of the molecule is O=C(COc1ccc(Cl)cc1Cl)Nc1ccc(SC(F)F)cc1. The van der Waals surface area contributed by atoms with Crippen LogP contribution in [0.3, 0.4) is 0 Å². The molecule has 1 N–H and O–H groups in total. The Hall–Kier alpha value is -1.50. The number of benzene rings is 2. The van der Waals surface area contributed by atoms with E-state index in [1.165, 1.54) is 30.3 Å². The number of nitrogens with one attached hydrogen (secondary N) is 1. The molecule has 23 heavy (non-hydrogen) atoms. The van der Waals surface area contributed by atoms with E-state index in [1.807, 2.05) is 0 Å². The van der Waals surface area contributed by atoms with Crippen molar-refractivity contribution < 1.29 is 18.3 Å². The Morgan fingerprint density at radius 3 is 2.48 bits per heavy atom. The summed E-state index contributed by atoms with van der Waals surface area (Å²) in [5, 5.41) is 3.36. The normalized spacial score (nSPS) is 10.7. The number of amides is 1. The molecule has 2 rings (SSSR count). The maximum absolute atomic E-state index is 12.2. The van der Waals surface area contributed by atoms with Gasteiger partial charge in [-0.2, -0.15) is 8.78 Å². The highest BCUT2D eigenvalue weighted by Gasteiger charge is 2.08. The Labute approximate surface area is 145 Å². The molecule has 0 heterocycles. The second-order valence-electron chi connectivity index (χ2n) is 4.31. The maximum Gasteiger partial charge on any atom is 0.288 e. The van der Waals surface area contributed by atoms with Crippen molar-refractivity contribution >= 4 is 46.6 Å². The minimum absolute atomic E-state index is 0.241.